The summed E-state index contributed by atoms with van der Waals surface area (Å²) in [7, 11) is 0. The maximum Gasteiger partial charge on any atom is 0.0991 e. The maximum absolute atomic E-state index is 8.70. The van der Waals surface area contributed by atoms with Gasteiger partial charge in [0.05, 0.1) is 18.2 Å². The summed E-state index contributed by atoms with van der Waals surface area (Å²) in [5.41, 5.74) is 2.96. The zero-order chi connectivity index (χ0) is 9.10. The van der Waals surface area contributed by atoms with Crippen LogP contribution in [-0.2, 0) is 6.54 Å². The summed E-state index contributed by atoms with van der Waals surface area (Å²) in [4.78, 5) is 4.17. The molecule has 62 valence electrons. The van der Waals surface area contributed by atoms with E-state index in [2.05, 4.69) is 11.1 Å². The molecule has 13 heavy (non-hydrogen) atoms. The van der Waals surface area contributed by atoms with E-state index in [1.54, 1.807) is 6.21 Å². The van der Waals surface area contributed by atoms with Crippen molar-refractivity contribution in [2.24, 2.45) is 4.99 Å². The molecule has 0 fully saturated rings. The van der Waals surface area contributed by atoms with E-state index in [4.69, 9.17) is 5.26 Å². The Morgan fingerprint density at radius 2 is 2.31 bits per heavy atom. The third-order valence-electron chi connectivity index (χ3n) is 2.00. The second kappa shape index (κ2) is 3.24. The first-order valence-corrected chi connectivity index (χ1v) is 4.09. The third kappa shape index (κ3) is 1.50. The molecule has 1 aliphatic heterocycles. The monoisotopic (exact) mass is 168 g/mol. The number of aliphatic imine (C=N–C) groups is 1. The fraction of sp³-hybridized carbons (Fsp3) is 0.0909. The number of rotatable bonds is 0. The van der Waals surface area contributed by atoms with Crippen LogP contribution in [0.1, 0.15) is 16.7 Å². The van der Waals surface area contributed by atoms with E-state index >= 15 is 0 Å². The number of nitrogens with zero attached hydrogens (tertiary/aromatic N) is 2. The highest BCUT2D eigenvalue weighted by Crippen LogP contribution is 2.15. The van der Waals surface area contributed by atoms with E-state index in [-0.39, 0.29) is 0 Å². The predicted molar refractivity (Wildman–Crippen MR) is 52.4 cm³/mol. The number of fused-ring (bicyclic) bond motifs is 1. The second-order valence-corrected chi connectivity index (χ2v) is 2.87. The smallest absolute Gasteiger partial charge is 0.0991 e. The number of benzene rings is 1. The number of hydrogen-bond donors (Lipinski definition) is 0. The topological polar surface area (TPSA) is 36.1 Å². The van der Waals surface area contributed by atoms with E-state index in [1.165, 1.54) is 0 Å². The lowest BCUT2D eigenvalue weighted by atomic mass is 10.0. The van der Waals surface area contributed by atoms with Crippen LogP contribution in [0.3, 0.4) is 0 Å². The molecule has 2 rings (SSSR count). The maximum atomic E-state index is 8.70. The SMILES string of the molecule is N#Cc1ccc2c(c1)CN=CC=C2. The lowest BCUT2D eigenvalue weighted by Gasteiger charge is -2.01. The van der Waals surface area contributed by atoms with E-state index in [0.29, 0.717) is 12.1 Å². The molecule has 1 aromatic rings. The number of hydrogen-bond acceptors (Lipinski definition) is 2. The minimum atomic E-state index is 0.665. The first kappa shape index (κ1) is 7.75. The first-order chi connectivity index (χ1) is 6.40. The summed E-state index contributed by atoms with van der Waals surface area (Å²) in [5, 5.41) is 8.70. The van der Waals surface area contributed by atoms with Gasteiger partial charge in [-0.25, -0.2) is 0 Å². The molecule has 0 bridgehead atoms. The Labute approximate surface area is 76.8 Å². The Balaban J connectivity index is 2.53. The van der Waals surface area contributed by atoms with Gasteiger partial charge in [-0.3, -0.25) is 4.99 Å². The van der Waals surface area contributed by atoms with Gasteiger partial charge in [0.15, 0.2) is 0 Å². The molecule has 0 atom stereocenters. The molecular formula is C11H8N2. The highest BCUT2D eigenvalue weighted by atomic mass is 14.7. The van der Waals surface area contributed by atoms with E-state index < -0.39 is 0 Å². The molecule has 0 amide bonds. The molecule has 1 aliphatic rings. The summed E-state index contributed by atoms with van der Waals surface area (Å²) in [6, 6.07) is 7.80. The van der Waals surface area contributed by atoms with Gasteiger partial charge in [0.1, 0.15) is 0 Å². The fourth-order valence-corrected chi connectivity index (χ4v) is 1.33. The van der Waals surface area contributed by atoms with Crippen LogP contribution in [0.2, 0.25) is 0 Å². The van der Waals surface area contributed by atoms with Gasteiger partial charge in [-0.1, -0.05) is 12.1 Å². The molecule has 0 spiro atoms. The molecule has 0 N–H and O–H groups in total. The highest BCUT2D eigenvalue weighted by Gasteiger charge is 2.01. The molecule has 0 aliphatic carbocycles. The Bertz CT molecular complexity index is 422. The zero-order valence-corrected chi connectivity index (χ0v) is 7.07. The van der Waals surface area contributed by atoms with Crippen LogP contribution in [0.5, 0.6) is 0 Å². The minimum absolute atomic E-state index is 0.665. The van der Waals surface area contributed by atoms with Gasteiger partial charge in [0, 0.05) is 6.21 Å². The van der Waals surface area contributed by atoms with Crippen molar-refractivity contribution < 1.29 is 0 Å². The molecule has 0 saturated heterocycles. The predicted octanol–water partition coefficient (Wildman–Crippen LogP) is 2.16. The van der Waals surface area contributed by atoms with E-state index in [0.717, 1.165) is 11.1 Å². The van der Waals surface area contributed by atoms with Gasteiger partial charge < -0.3 is 0 Å². The van der Waals surface area contributed by atoms with E-state index in [1.807, 2.05) is 30.4 Å². The fourth-order valence-electron chi connectivity index (χ4n) is 1.33. The van der Waals surface area contributed by atoms with Crippen LogP contribution in [0, 0.1) is 11.3 Å². The van der Waals surface area contributed by atoms with Crippen molar-refractivity contribution in [3.63, 3.8) is 0 Å². The number of allylic oxidation sites excluding steroid dienone is 1. The van der Waals surface area contributed by atoms with Gasteiger partial charge in [-0.15, -0.1) is 0 Å². The average molecular weight is 168 g/mol. The van der Waals surface area contributed by atoms with E-state index in [9.17, 15) is 0 Å². The van der Waals surface area contributed by atoms with Crippen molar-refractivity contribution in [3.05, 3.63) is 41.0 Å². The lowest BCUT2D eigenvalue weighted by molar-refractivity contribution is 1.07. The molecule has 0 radical (unpaired) electrons. The van der Waals surface area contributed by atoms with Gasteiger partial charge in [0.25, 0.3) is 0 Å². The Hall–Kier alpha value is -1.88. The average Bonchev–Trinajstić information content (AvgIpc) is 2.41. The van der Waals surface area contributed by atoms with Crippen molar-refractivity contribution in [2.75, 3.05) is 0 Å². The largest absolute Gasteiger partial charge is 0.288 e. The second-order valence-electron chi connectivity index (χ2n) is 2.87. The quantitative estimate of drug-likeness (QED) is 0.584. The van der Waals surface area contributed by atoms with Crippen molar-refractivity contribution in [2.45, 2.75) is 6.54 Å². The molecule has 2 heteroatoms. The summed E-state index contributed by atoms with van der Waals surface area (Å²) in [6.07, 6.45) is 5.71. The van der Waals surface area contributed by atoms with Crippen LogP contribution >= 0.6 is 0 Å². The molecule has 0 unspecified atom stereocenters. The van der Waals surface area contributed by atoms with Crippen LogP contribution in [0.15, 0.2) is 29.3 Å². The third-order valence-corrected chi connectivity index (χ3v) is 2.00. The molecule has 0 aromatic heterocycles. The van der Waals surface area contributed by atoms with Gasteiger partial charge in [0.2, 0.25) is 0 Å². The van der Waals surface area contributed by atoms with Crippen LogP contribution < -0.4 is 0 Å². The lowest BCUT2D eigenvalue weighted by Crippen LogP contribution is -1.87. The van der Waals surface area contributed by atoms with Crippen molar-refractivity contribution in [3.8, 4) is 6.07 Å². The molecular weight excluding hydrogens is 160 g/mol. The van der Waals surface area contributed by atoms with Gasteiger partial charge in [-0.2, -0.15) is 5.26 Å². The van der Waals surface area contributed by atoms with Crippen molar-refractivity contribution in [1.82, 2.24) is 0 Å². The zero-order valence-electron chi connectivity index (χ0n) is 7.07. The number of nitriles is 1. The Kier molecular flexibility index (Phi) is 1.93. The normalized spacial score (nSPS) is 13.2. The Morgan fingerprint density at radius 3 is 3.15 bits per heavy atom. The van der Waals surface area contributed by atoms with Crippen LogP contribution in [-0.4, -0.2) is 6.21 Å². The molecule has 2 nitrogen and oxygen atoms in total. The first-order valence-electron chi connectivity index (χ1n) is 4.09. The summed E-state index contributed by atoms with van der Waals surface area (Å²) in [6.45, 7) is 0.665. The van der Waals surface area contributed by atoms with Crippen molar-refractivity contribution >= 4 is 12.3 Å². The summed E-state index contributed by atoms with van der Waals surface area (Å²) in [5.74, 6) is 0. The Morgan fingerprint density at radius 1 is 1.38 bits per heavy atom. The van der Waals surface area contributed by atoms with Crippen LogP contribution in [0.25, 0.3) is 6.08 Å². The minimum Gasteiger partial charge on any atom is -0.288 e. The molecule has 0 saturated carbocycles. The standard InChI is InChI=1S/C11H8N2/c12-7-9-3-4-10-2-1-5-13-8-11(10)6-9/h1-6H,8H2. The van der Waals surface area contributed by atoms with Crippen LogP contribution in [0.4, 0.5) is 0 Å². The van der Waals surface area contributed by atoms with Gasteiger partial charge >= 0.3 is 0 Å². The highest BCUT2D eigenvalue weighted by molar-refractivity contribution is 5.80. The summed E-state index contributed by atoms with van der Waals surface area (Å²) < 4.78 is 0. The van der Waals surface area contributed by atoms with Crippen molar-refractivity contribution in [1.29, 1.82) is 5.26 Å². The molecule has 1 heterocycles. The molecule has 1 aromatic carbocycles. The van der Waals surface area contributed by atoms with Gasteiger partial charge in [-0.05, 0) is 29.3 Å². The summed E-state index contributed by atoms with van der Waals surface area (Å²) >= 11 is 0.